The van der Waals surface area contributed by atoms with Gasteiger partial charge in [-0.15, -0.1) is 12.4 Å². The largest absolute Gasteiger partial charge is 0.542 e. The molecule has 9 heteroatoms. The van der Waals surface area contributed by atoms with Crippen LogP contribution in [0.5, 0.6) is 11.5 Å². The van der Waals surface area contributed by atoms with Crippen LogP contribution in [-0.4, -0.2) is 35.4 Å². The number of carbonyl (C=O) groups is 2. The van der Waals surface area contributed by atoms with Crippen LogP contribution in [0.1, 0.15) is 24.2 Å². The lowest BCUT2D eigenvalue weighted by atomic mass is 10.0. The van der Waals surface area contributed by atoms with Crippen LogP contribution in [0.4, 0.5) is 0 Å². The summed E-state index contributed by atoms with van der Waals surface area (Å²) in [5.41, 5.74) is 1.58. The quantitative estimate of drug-likeness (QED) is 0.454. The normalized spacial score (nSPS) is 15.5. The molecule has 3 aromatic carbocycles. The number of benzene rings is 3. The molecular weight excluding hydrogens is 450 g/mol. The van der Waals surface area contributed by atoms with Crippen molar-refractivity contribution in [2.24, 2.45) is 0 Å². The van der Waals surface area contributed by atoms with Gasteiger partial charge < -0.3 is 39.7 Å². The molecule has 0 aliphatic carbocycles. The molecule has 2 atom stereocenters. The van der Waals surface area contributed by atoms with Gasteiger partial charge in [-0.05, 0) is 53.4 Å². The second-order valence-electron chi connectivity index (χ2n) is 7.81. The maximum absolute atomic E-state index is 11.2. The average molecular weight is 472 g/mol. The van der Waals surface area contributed by atoms with Gasteiger partial charge in [-0.25, -0.2) is 0 Å². The number of halogens is 1. The fraction of sp³-hybridized carbons (Fsp3) is 0.250. The first-order valence-electron chi connectivity index (χ1n) is 10.1. The Kier molecular flexibility index (Phi) is 7.12. The van der Waals surface area contributed by atoms with E-state index in [0.29, 0.717) is 13.0 Å². The van der Waals surface area contributed by atoms with Gasteiger partial charge in [-0.3, -0.25) is 0 Å². The lowest BCUT2D eigenvalue weighted by molar-refractivity contribution is -0.362. The van der Waals surface area contributed by atoms with Crippen LogP contribution >= 0.6 is 12.4 Å². The summed E-state index contributed by atoms with van der Waals surface area (Å²) < 4.78 is 9.97. The van der Waals surface area contributed by atoms with Gasteiger partial charge in [0.2, 0.25) is 0 Å². The summed E-state index contributed by atoms with van der Waals surface area (Å²) in [6, 6.07) is 18.4. The lowest BCUT2D eigenvalue weighted by Gasteiger charge is -2.28. The molecule has 174 valence electrons. The molecule has 0 aromatic heterocycles. The first-order valence-corrected chi connectivity index (χ1v) is 10.1. The zero-order chi connectivity index (χ0) is 22.9. The smallest absolute Gasteiger partial charge is 0.335 e. The van der Waals surface area contributed by atoms with Gasteiger partial charge in [0.25, 0.3) is 0 Å². The number of carboxylic acid groups (broad SMARTS) is 2. The fourth-order valence-electron chi connectivity index (χ4n) is 3.70. The minimum absolute atomic E-state index is 0. The third kappa shape index (κ3) is 4.88. The Hall–Kier alpha value is -3.33. The predicted octanol–water partition coefficient (Wildman–Crippen LogP) is 0.483. The highest BCUT2D eigenvalue weighted by Gasteiger charge is 2.45. The second kappa shape index (κ2) is 9.66. The molecule has 0 amide bonds. The van der Waals surface area contributed by atoms with Crippen LogP contribution in [0, 0.1) is 0 Å². The molecule has 33 heavy (non-hydrogen) atoms. The molecule has 2 N–H and O–H groups in total. The highest BCUT2D eigenvalue weighted by atomic mass is 35.5. The Morgan fingerprint density at radius 2 is 1.64 bits per heavy atom. The van der Waals surface area contributed by atoms with Crippen LogP contribution < -0.4 is 25.0 Å². The zero-order valence-electron chi connectivity index (χ0n) is 17.6. The van der Waals surface area contributed by atoms with E-state index in [4.69, 9.17) is 9.47 Å². The van der Waals surface area contributed by atoms with Crippen molar-refractivity contribution in [1.82, 2.24) is 5.32 Å². The van der Waals surface area contributed by atoms with E-state index in [1.54, 1.807) is 6.07 Å². The molecular formula is C24H22ClNO7-2. The molecule has 0 fully saturated rings. The van der Waals surface area contributed by atoms with Gasteiger partial charge in [-0.1, -0.05) is 42.5 Å². The Morgan fingerprint density at radius 3 is 2.33 bits per heavy atom. The summed E-state index contributed by atoms with van der Waals surface area (Å²) in [5, 5.41) is 38.4. The number of aliphatic hydroxyl groups excluding tert-OH is 1. The van der Waals surface area contributed by atoms with E-state index in [9.17, 15) is 24.9 Å². The number of rotatable bonds is 8. The van der Waals surface area contributed by atoms with Crippen molar-refractivity contribution in [3.05, 3.63) is 71.8 Å². The van der Waals surface area contributed by atoms with E-state index in [1.807, 2.05) is 49.4 Å². The number of hydrogen-bond acceptors (Lipinski definition) is 8. The number of aliphatic hydroxyl groups is 1. The Balaban J connectivity index is 0.00000306. The monoisotopic (exact) mass is 471 g/mol. The van der Waals surface area contributed by atoms with E-state index in [1.165, 1.54) is 12.1 Å². The highest BCUT2D eigenvalue weighted by Crippen LogP contribution is 2.40. The van der Waals surface area contributed by atoms with Crippen molar-refractivity contribution in [3.63, 3.8) is 0 Å². The number of nitrogens with one attached hydrogen (secondary N) is 1. The summed E-state index contributed by atoms with van der Waals surface area (Å²) in [6.07, 6.45) is -0.171. The lowest BCUT2D eigenvalue weighted by Crippen LogP contribution is -2.64. The van der Waals surface area contributed by atoms with Crippen LogP contribution in [0.3, 0.4) is 0 Å². The first kappa shape index (κ1) is 24.3. The minimum Gasteiger partial charge on any atom is -0.542 e. The summed E-state index contributed by atoms with van der Waals surface area (Å²) in [6.45, 7) is 2.27. The van der Waals surface area contributed by atoms with E-state index >= 15 is 0 Å². The fourth-order valence-corrected chi connectivity index (χ4v) is 3.70. The third-order valence-corrected chi connectivity index (χ3v) is 5.41. The molecule has 2 unspecified atom stereocenters. The van der Waals surface area contributed by atoms with Gasteiger partial charge in [0.15, 0.2) is 11.5 Å². The van der Waals surface area contributed by atoms with Crippen LogP contribution in [0.2, 0.25) is 0 Å². The zero-order valence-corrected chi connectivity index (χ0v) is 18.5. The maximum Gasteiger partial charge on any atom is 0.335 e. The van der Waals surface area contributed by atoms with Crippen molar-refractivity contribution in [1.29, 1.82) is 0 Å². The standard InChI is InChI=1S/C24H23NO7.ClH/c1-14(25-13-19(26)18-8-7-16-4-2-3-5-17(16)12-18)10-15-6-9-20-21(11-15)32-24(31-20,22(27)28)23(29)30;/h2-9,11-12,14,19,25-26H,10,13H2,1H3,(H,27,28)(H,29,30);1H/p-2. The predicted molar refractivity (Wildman–Crippen MR) is 118 cm³/mol. The van der Waals surface area contributed by atoms with Crippen LogP contribution in [-0.2, 0) is 16.0 Å². The van der Waals surface area contributed by atoms with Crippen molar-refractivity contribution >= 4 is 35.1 Å². The molecule has 0 bridgehead atoms. The number of carboxylic acids is 2. The van der Waals surface area contributed by atoms with E-state index in [0.717, 1.165) is 21.9 Å². The van der Waals surface area contributed by atoms with Crippen molar-refractivity contribution in [3.8, 4) is 11.5 Å². The SMILES string of the molecule is CC(Cc1ccc2c(c1)OC(C(=O)[O-])(C(=O)[O-])O2)NCC(O)c1ccc2ccccc2c1.Cl. The third-order valence-electron chi connectivity index (χ3n) is 5.41. The van der Waals surface area contributed by atoms with Gasteiger partial charge >= 0.3 is 5.79 Å². The van der Waals surface area contributed by atoms with Gasteiger partial charge in [-0.2, -0.15) is 0 Å². The number of aliphatic carboxylic acids is 2. The van der Waals surface area contributed by atoms with Crippen LogP contribution in [0.25, 0.3) is 10.8 Å². The molecule has 0 saturated carbocycles. The van der Waals surface area contributed by atoms with Gasteiger partial charge in [0, 0.05) is 12.6 Å². The van der Waals surface area contributed by atoms with Gasteiger partial charge in [0.05, 0.1) is 6.10 Å². The molecule has 0 spiro atoms. The summed E-state index contributed by atoms with van der Waals surface area (Å²) >= 11 is 0. The molecule has 0 saturated heterocycles. The molecule has 1 aliphatic rings. The highest BCUT2D eigenvalue weighted by molar-refractivity contribution is 5.99. The van der Waals surface area contributed by atoms with Crippen LogP contribution in [0.15, 0.2) is 60.7 Å². The molecule has 1 heterocycles. The maximum atomic E-state index is 11.2. The Morgan fingerprint density at radius 1 is 0.970 bits per heavy atom. The Labute approximate surface area is 196 Å². The van der Waals surface area contributed by atoms with E-state index in [2.05, 4.69) is 5.32 Å². The number of fused-ring (bicyclic) bond motifs is 2. The first-order chi connectivity index (χ1) is 15.3. The minimum atomic E-state index is -2.99. The topological polar surface area (TPSA) is 131 Å². The number of ether oxygens (including phenoxy) is 2. The number of carbonyl (C=O) groups excluding carboxylic acids is 2. The molecule has 4 rings (SSSR count). The van der Waals surface area contributed by atoms with Crippen molar-refractivity contribution in [2.75, 3.05) is 6.54 Å². The molecule has 1 aliphatic heterocycles. The number of hydrogen-bond donors (Lipinski definition) is 2. The molecule has 0 radical (unpaired) electrons. The molecule has 3 aromatic rings. The van der Waals surface area contributed by atoms with E-state index < -0.39 is 23.8 Å². The second-order valence-corrected chi connectivity index (χ2v) is 7.81. The van der Waals surface area contributed by atoms with Crippen molar-refractivity contribution in [2.45, 2.75) is 31.3 Å². The van der Waals surface area contributed by atoms with E-state index in [-0.39, 0.29) is 29.9 Å². The van der Waals surface area contributed by atoms with Crippen molar-refractivity contribution < 1.29 is 34.4 Å². The summed E-state index contributed by atoms with van der Waals surface area (Å²) in [4.78, 5) is 22.4. The van der Waals surface area contributed by atoms with Gasteiger partial charge in [0.1, 0.15) is 11.9 Å². The average Bonchev–Trinajstić information content (AvgIpc) is 3.18. The Bertz CT molecular complexity index is 1170. The summed E-state index contributed by atoms with van der Waals surface area (Å²) in [7, 11) is 0. The molecule has 8 nitrogen and oxygen atoms in total. The summed E-state index contributed by atoms with van der Waals surface area (Å²) in [5.74, 6) is -7.12.